The largest absolute Gasteiger partial charge is 0.347 e. The van der Waals surface area contributed by atoms with Gasteiger partial charge in [-0.15, -0.1) is 0 Å². The maximum Gasteiger partial charge on any atom is 0.0702 e. The number of pyridine rings is 1. The van der Waals surface area contributed by atoms with Crippen molar-refractivity contribution >= 4 is 10.9 Å². The fourth-order valence-electron chi connectivity index (χ4n) is 2.51. The first-order chi connectivity index (χ1) is 9.15. The predicted octanol–water partition coefficient (Wildman–Crippen LogP) is 4.01. The lowest BCUT2D eigenvalue weighted by molar-refractivity contribution is 0.773. The van der Waals surface area contributed by atoms with Crippen molar-refractivity contribution < 1.29 is 0 Å². The zero-order valence-corrected chi connectivity index (χ0v) is 11.6. The fourth-order valence-corrected chi connectivity index (χ4v) is 2.51. The van der Waals surface area contributed by atoms with Gasteiger partial charge in [-0.3, -0.25) is 4.98 Å². The van der Waals surface area contributed by atoms with Crippen LogP contribution in [0.25, 0.3) is 10.9 Å². The average Bonchev–Trinajstić information content (AvgIpc) is 2.66. The first-order valence-corrected chi connectivity index (χ1v) is 6.62. The van der Waals surface area contributed by atoms with Crippen molar-refractivity contribution in [2.24, 2.45) is 0 Å². The van der Waals surface area contributed by atoms with Crippen molar-refractivity contribution in [2.75, 3.05) is 0 Å². The minimum Gasteiger partial charge on any atom is -0.347 e. The van der Waals surface area contributed by atoms with Crippen LogP contribution >= 0.6 is 0 Å². The van der Waals surface area contributed by atoms with E-state index in [0.717, 1.165) is 12.1 Å². The topological polar surface area (TPSA) is 17.8 Å². The molecule has 0 radical (unpaired) electrons. The molecule has 2 heterocycles. The van der Waals surface area contributed by atoms with Gasteiger partial charge in [0.1, 0.15) is 0 Å². The summed E-state index contributed by atoms with van der Waals surface area (Å²) >= 11 is 0. The molecule has 19 heavy (non-hydrogen) atoms. The number of aryl methyl sites for hydroxylation is 1. The lowest BCUT2D eigenvalue weighted by atomic mass is 10.1. The van der Waals surface area contributed by atoms with Crippen LogP contribution in [0.4, 0.5) is 0 Å². The highest BCUT2D eigenvalue weighted by atomic mass is 15.0. The summed E-state index contributed by atoms with van der Waals surface area (Å²) in [6, 6.07) is 10.6. The number of nitrogens with zero attached hydrogens (tertiary/aromatic N) is 2. The van der Waals surface area contributed by atoms with Crippen LogP contribution in [-0.4, -0.2) is 9.55 Å². The highest BCUT2D eigenvalue weighted by Gasteiger charge is 2.06. The number of benzene rings is 1. The molecule has 0 unspecified atom stereocenters. The van der Waals surface area contributed by atoms with Crippen molar-refractivity contribution in [2.45, 2.75) is 27.3 Å². The Morgan fingerprint density at radius 1 is 1.11 bits per heavy atom. The first-order valence-electron chi connectivity index (χ1n) is 6.62. The van der Waals surface area contributed by atoms with Gasteiger partial charge in [-0.25, -0.2) is 0 Å². The van der Waals surface area contributed by atoms with Crippen molar-refractivity contribution in [3.63, 3.8) is 0 Å². The predicted molar refractivity (Wildman–Crippen MR) is 79.5 cm³/mol. The van der Waals surface area contributed by atoms with Crippen molar-refractivity contribution in [3.05, 3.63) is 65.1 Å². The second-order valence-electron chi connectivity index (χ2n) is 5.18. The molecule has 0 saturated heterocycles. The van der Waals surface area contributed by atoms with Gasteiger partial charge in [-0.1, -0.05) is 12.1 Å². The normalized spacial score (nSPS) is 11.1. The number of aromatic nitrogens is 2. The molecule has 0 fully saturated rings. The second kappa shape index (κ2) is 4.54. The van der Waals surface area contributed by atoms with Crippen molar-refractivity contribution in [1.82, 2.24) is 9.55 Å². The van der Waals surface area contributed by atoms with Gasteiger partial charge in [0.15, 0.2) is 0 Å². The van der Waals surface area contributed by atoms with E-state index in [1.165, 1.54) is 27.8 Å². The molecule has 0 aliphatic carbocycles. The van der Waals surface area contributed by atoms with Crippen LogP contribution in [-0.2, 0) is 6.54 Å². The Morgan fingerprint density at radius 2 is 1.95 bits per heavy atom. The molecule has 1 aromatic carbocycles. The Morgan fingerprint density at radius 3 is 2.68 bits per heavy atom. The highest BCUT2D eigenvalue weighted by molar-refractivity contribution is 5.78. The molecule has 3 rings (SSSR count). The summed E-state index contributed by atoms with van der Waals surface area (Å²) in [6.45, 7) is 7.46. The maximum atomic E-state index is 4.36. The third-order valence-corrected chi connectivity index (χ3v) is 3.93. The molecule has 0 amide bonds. The molecule has 0 N–H and O–H groups in total. The molecule has 2 nitrogen and oxygen atoms in total. The first kappa shape index (κ1) is 12.0. The van der Waals surface area contributed by atoms with Gasteiger partial charge < -0.3 is 4.57 Å². The van der Waals surface area contributed by atoms with Crippen molar-refractivity contribution in [3.8, 4) is 0 Å². The minimum atomic E-state index is 0.922. The summed E-state index contributed by atoms with van der Waals surface area (Å²) in [5.74, 6) is 0. The summed E-state index contributed by atoms with van der Waals surface area (Å²) in [5, 5.41) is 1.21. The molecule has 0 aliphatic rings. The third kappa shape index (κ3) is 2.14. The van der Waals surface area contributed by atoms with Gasteiger partial charge in [0.2, 0.25) is 0 Å². The zero-order valence-electron chi connectivity index (χ0n) is 11.6. The molecule has 2 aromatic heterocycles. The standard InChI is InChI=1S/C17H18N2/c1-12-10-19(14(3)13(12)2)11-15-6-7-17-16(9-15)5-4-8-18-17/h4-10H,11H2,1-3H3. The van der Waals surface area contributed by atoms with E-state index in [4.69, 9.17) is 0 Å². The van der Waals surface area contributed by atoms with Crippen molar-refractivity contribution in [1.29, 1.82) is 0 Å². The Labute approximate surface area is 113 Å². The van der Waals surface area contributed by atoms with Crippen LogP contribution in [0.3, 0.4) is 0 Å². The lowest BCUT2D eigenvalue weighted by Gasteiger charge is -2.08. The van der Waals surface area contributed by atoms with Crippen LogP contribution in [0.15, 0.2) is 42.7 Å². The zero-order chi connectivity index (χ0) is 13.4. The summed E-state index contributed by atoms with van der Waals surface area (Å²) < 4.78 is 2.32. The second-order valence-corrected chi connectivity index (χ2v) is 5.18. The van der Waals surface area contributed by atoms with Crippen LogP contribution in [0.2, 0.25) is 0 Å². The number of hydrogen-bond donors (Lipinski definition) is 0. The number of rotatable bonds is 2. The Hall–Kier alpha value is -2.09. The smallest absolute Gasteiger partial charge is 0.0702 e. The fraction of sp³-hybridized carbons (Fsp3) is 0.235. The SMILES string of the molecule is Cc1cn(Cc2ccc3ncccc3c2)c(C)c1C. The quantitative estimate of drug-likeness (QED) is 0.672. The summed E-state index contributed by atoms with van der Waals surface area (Å²) in [6.07, 6.45) is 4.07. The molecule has 0 aliphatic heterocycles. The molecule has 0 saturated carbocycles. The molecule has 0 atom stereocenters. The third-order valence-electron chi connectivity index (χ3n) is 3.93. The van der Waals surface area contributed by atoms with Crippen LogP contribution in [0, 0.1) is 20.8 Å². The van der Waals surface area contributed by atoms with Gasteiger partial charge in [0.05, 0.1) is 5.52 Å². The van der Waals surface area contributed by atoms with Gasteiger partial charge in [-0.2, -0.15) is 0 Å². The van der Waals surface area contributed by atoms with E-state index in [0.29, 0.717) is 0 Å². The minimum absolute atomic E-state index is 0.922. The van der Waals surface area contributed by atoms with Crippen LogP contribution < -0.4 is 0 Å². The summed E-state index contributed by atoms with van der Waals surface area (Å²) in [4.78, 5) is 4.36. The Bertz CT molecular complexity index is 738. The average molecular weight is 250 g/mol. The number of fused-ring (bicyclic) bond motifs is 1. The van der Waals surface area contributed by atoms with Gasteiger partial charge >= 0.3 is 0 Å². The van der Waals surface area contributed by atoms with E-state index in [1.54, 1.807) is 0 Å². The monoisotopic (exact) mass is 250 g/mol. The highest BCUT2D eigenvalue weighted by Crippen LogP contribution is 2.18. The van der Waals surface area contributed by atoms with E-state index >= 15 is 0 Å². The van der Waals surface area contributed by atoms with E-state index in [1.807, 2.05) is 12.3 Å². The Balaban J connectivity index is 1.98. The van der Waals surface area contributed by atoms with E-state index in [9.17, 15) is 0 Å². The molecule has 2 heteroatoms. The Kier molecular flexibility index (Phi) is 2.86. The summed E-state index contributed by atoms with van der Waals surface area (Å²) in [7, 11) is 0. The molecular weight excluding hydrogens is 232 g/mol. The maximum absolute atomic E-state index is 4.36. The molecular formula is C17H18N2. The molecule has 96 valence electrons. The molecule has 0 spiro atoms. The number of hydrogen-bond acceptors (Lipinski definition) is 1. The molecule has 3 aromatic rings. The molecule has 0 bridgehead atoms. The van der Waals surface area contributed by atoms with Gasteiger partial charge in [-0.05, 0) is 55.7 Å². The van der Waals surface area contributed by atoms with E-state index in [-0.39, 0.29) is 0 Å². The van der Waals surface area contributed by atoms with Crippen LogP contribution in [0.1, 0.15) is 22.4 Å². The van der Waals surface area contributed by atoms with Crippen LogP contribution in [0.5, 0.6) is 0 Å². The van der Waals surface area contributed by atoms with E-state index in [2.05, 4.69) is 60.8 Å². The lowest BCUT2D eigenvalue weighted by Crippen LogP contribution is -2.00. The summed E-state index contributed by atoms with van der Waals surface area (Å²) in [5.41, 5.74) is 6.48. The van der Waals surface area contributed by atoms with E-state index < -0.39 is 0 Å². The van der Waals surface area contributed by atoms with Gasteiger partial charge in [0, 0.05) is 30.0 Å². The van der Waals surface area contributed by atoms with Gasteiger partial charge in [0.25, 0.3) is 0 Å².